The van der Waals surface area contributed by atoms with E-state index in [1.807, 2.05) is 6.92 Å². The Bertz CT molecular complexity index is 634. The predicted molar refractivity (Wildman–Crippen MR) is 72.8 cm³/mol. The third-order valence-corrected chi connectivity index (χ3v) is 3.71. The summed E-state index contributed by atoms with van der Waals surface area (Å²) in [6.45, 7) is 5.06. The number of carbonyl (C=O) groups is 1. The molecule has 1 fully saturated rings. The van der Waals surface area contributed by atoms with E-state index in [0.29, 0.717) is 29.7 Å². The van der Waals surface area contributed by atoms with Crippen LogP contribution in [-0.4, -0.2) is 39.2 Å². The molecular formula is C14H18N4O3. The summed E-state index contributed by atoms with van der Waals surface area (Å²) in [7, 11) is 0. The lowest BCUT2D eigenvalue weighted by Crippen LogP contribution is -2.39. The molecule has 1 aliphatic heterocycles. The highest BCUT2D eigenvalue weighted by atomic mass is 16.5. The highest BCUT2D eigenvalue weighted by Gasteiger charge is 2.29. The topological polar surface area (TPSA) is 85.3 Å². The average Bonchev–Trinajstić information content (AvgIpc) is 3.15. The summed E-state index contributed by atoms with van der Waals surface area (Å²) in [6, 6.07) is 1.66. The normalized spacial score (nSPS) is 19.0. The molecule has 0 saturated carbocycles. The Morgan fingerprint density at radius 2 is 2.29 bits per heavy atom. The summed E-state index contributed by atoms with van der Waals surface area (Å²) in [5, 5.41) is 7.81. The molecule has 1 saturated heterocycles. The quantitative estimate of drug-likeness (QED) is 0.858. The van der Waals surface area contributed by atoms with Crippen LogP contribution < -0.4 is 0 Å². The molecule has 2 aromatic rings. The summed E-state index contributed by atoms with van der Waals surface area (Å²) in [5.74, 6) is 1.99. The second kappa shape index (κ2) is 5.67. The maximum atomic E-state index is 12.4. The van der Waals surface area contributed by atoms with Crippen molar-refractivity contribution in [1.29, 1.82) is 0 Å². The number of aromatic nitrogens is 3. The molecule has 3 rings (SSSR count). The molecule has 7 nitrogen and oxygen atoms in total. The second-order valence-corrected chi connectivity index (χ2v) is 5.31. The molecule has 0 aliphatic carbocycles. The van der Waals surface area contributed by atoms with Gasteiger partial charge in [-0.3, -0.25) is 4.79 Å². The zero-order valence-corrected chi connectivity index (χ0v) is 12.2. The number of aryl methyl sites for hydroxylation is 2. The van der Waals surface area contributed by atoms with E-state index >= 15 is 0 Å². The van der Waals surface area contributed by atoms with Gasteiger partial charge in [0.15, 0.2) is 11.5 Å². The standard InChI is InChI=1S/C14H18N4O3/c1-3-12-15-13(17-21-12)10-5-4-6-18(8-10)14(19)11-7-9(2)20-16-11/h7,10H,3-6,8H2,1-2H3. The van der Waals surface area contributed by atoms with Gasteiger partial charge in [0.1, 0.15) is 5.76 Å². The summed E-state index contributed by atoms with van der Waals surface area (Å²) < 4.78 is 10.1. The van der Waals surface area contributed by atoms with Gasteiger partial charge in [-0.1, -0.05) is 17.2 Å². The number of hydrogen-bond acceptors (Lipinski definition) is 6. The summed E-state index contributed by atoms with van der Waals surface area (Å²) in [4.78, 5) is 18.5. The Labute approximate surface area is 122 Å². The molecule has 1 amide bonds. The van der Waals surface area contributed by atoms with Crippen LogP contribution >= 0.6 is 0 Å². The number of piperidine rings is 1. The minimum atomic E-state index is -0.101. The fourth-order valence-electron chi connectivity index (χ4n) is 2.58. The van der Waals surface area contributed by atoms with Gasteiger partial charge in [0, 0.05) is 31.5 Å². The van der Waals surface area contributed by atoms with Gasteiger partial charge < -0.3 is 13.9 Å². The molecule has 0 spiro atoms. The minimum absolute atomic E-state index is 0.101. The molecule has 2 aromatic heterocycles. The zero-order valence-electron chi connectivity index (χ0n) is 12.2. The Hall–Kier alpha value is -2.18. The van der Waals surface area contributed by atoms with E-state index in [2.05, 4.69) is 15.3 Å². The van der Waals surface area contributed by atoms with Crippen LogP contribution in [0.25, 0.3) is 0 Å². The zero-order chi connectivity index (χ0) is 14.8. The van der Waals surface area contributed by atoms with Crippen molar-refractivity contribution < 1.29 is 13.8 Å². The molecule has 0 radical (unpaired) electrons. The summed E-state index contributed by atoms with van der Waals surface area (Å²) in [6.07, 6.45) is 2.61. The van der Waals surface area contributed by atoms with E-state index < -0.39 is 0 Å². The average molecular weight is 290 g/mol. The Balaban J connectivity index is 1.72. The van der Waals surface area contributed by atoms with Gasteiger partial charge in [-0.2, -0.15) is 4.98 Å². The monoisotopic (exact) mass is 290 g/mol. The lowest BCUT2D eigenvalue weighted by molar-refractivity contribution is 0.0693. The molecule has 112 valence electrons. The van der Waals surface area contributed by atoms with Gasteiger partial charge >= 0.3 is 0 Å². The Morgan fingerprint density at radius 1 is 1.43 bits per heavy atom. The third-order valence-electron chi connectivity index (χ3n) is 3.71. The van der Waals surface area contributed by atoms with Crippen LogP contribution in [0.1, 0.15) is 53.6 Å². The van der Waals surface area contributed by atoms with E-state index in [1.165, 1.54) is 0 Å². The van der Waals surface area contributed by atoms with Gasteiger partial charge in [0.2, 0.25) is 5.89 Å². The summed E-state index contributed by atoms with van der Waals surface area (Å²) in [5.41, 5.74) is 0.357. The predicted octanol–water partition coefficient (Wildman–Crippen LogP) is 1.95. The SMILES string of the molecule is CCc1nc(C2CCCN(C(=O)c3cc(C)on3)C2)no1. The van der Waals surface area contributed by atoms with Crippen LogP contribution in [-0.2, 0) is 6.42 Å². The molecule has 0 bridgehead atoms. The highest BCUT2D eigenvalue weighted by Crippen LogP contribution is 2.26. The van der Waals surface area contributed by atoms with Gasteiger partial charge in [0.05, 0.1) is 0 Å². The van der Waals surface area contributed by atoms with Crippen LogP contribution in [0.3, 0.4) is 0 Å². The number of carbonyl (C=O) groups excluding carboxylic acids is 1. The van der Waals surface area contributed by atoms with Crippen LogP contribution in [0.15, 0.2) is 15.1 Å². The molecule has 7 heteroatoms. The lowest BCUT2D eigenvalue weighted by atomic mass is 9.97. The number of rotatable bonds is 3. The van der Waals surface area contributed by atoms with Crippen molar-refractivity contribution in [1.82, 2.24) is 20.2 Å². The van der Waals surface area contributed by atoms with Crippen molar-refractivity contribution in [2.45, 2.75) is 39.0 Å². The third kappa shape index (κ3) is 2.81. The van der Waals surface area contributed by atoms with Gasteiger partial charge in [-0.25, -0.2) is 0 Å². The first kappa shape index (κ1) is 13.8. The minimum Gasteiger partial charge on any atom is -0.361 e. The van der Waals surface area contributed by atoms with E-state index in [1.54, 1.807) is 17.9 Å². The Morgan fingerprint density at radius 3 is 2.95 bits per heavy atom. The molecule has 0 N–H and O–H groups in total. The van der Waals surface area contributed by atoms with Crippen molar-refractivity contribution >= 4 is 5.91 Å². The first-order valence-electron chi connectivity index (χ1n) is 7.22. The van der Waals surface area contributed by atoms with Crippen LogP contribution in [0.4, 0.5) is 0 Å². The molecule has 21 heavy (non-hydrogen) atoms. The molecule has 1 atom stereocenters. The van der Waals surface area contributed by atoms with Crippen molar-refractivity contribution in [3.63, 3.8) is 0 Å². The molecule has 3 heterocycles. The van der Waals surface area contributed by atoms with Crippen molar-refractivity contribution in [2.75, 3.05) is 13.1 Å². The fourth-order valence-corrected chi connectivity index (χ4v) is 2.58. The first-order chi connectivity index (χ1) is 10.2. The molecular weight excluding hydrogens is 272 g/mol. The Kier molecular flexibility index (Phi) is 3.72. The number of hydrogen-bond donors (Lipinski definition) is 0. The smallest absolute Gasteiger partial charge is 0.276 e. The largest absolute Gasteiger partial charge is 0.361 e. The number of likely N-dealkylation sites (tertiary alicyclic amines) is 1. The number of nitrogens with zero attached hydrogens (tertiary/aromatic N) is 4. The van der Waals surface area contributed by atoms with Crippen LogP contribution in [0.5, 0.6) is 0 Å². The maximum absolute atomic E-state index is 12.4. The van der Waals surface area contributed by atoms with E-state index in [-0.39, 0.29) is 11.8 Å². The highest BCUT2D eigenvalue weighted by molar-refractivity contribution is 5.92. The van der Waals surface area contributed by atoms with Gasteiger partial charge in [-0.05, 0) is 19.8 Å². The summed E-state index contributed by atoms with van der Waals surface area (Å²) >= 11 is 0. The van der Waals surface area contributed by atoms with Gasteiger partial charge in [0.25, 0.3) is 5.91 Å². The van der Waals surface area contributed by atoms with E-state index in [4.69, 9.17) is 9.05 Å². The molecule has 1 aliphatic rings. The lowest BCUT2D eigenvalue weighted by Gasteiger charge is -2.30. The van der Waals surface area contributed by atoms with Crippen LogP contribution in [0, 0.1) is 6.92 Å². The van der Waals surface area contributed by atoms with Gasteiger partial charge in [-0.15, -0.1) is 0 Å². The van der Waals surface area contributed by atoms with Crippen molar-refractivity contribution in [3.8, 4) is 0 Å². The van der Waals surface area contributed by atoms with E-state index in [0.717, 1.165) is 25.8 Å². The molecule has 1 unspecified atom stereocenters. The van der Waals surface area contributed by atoms with Crippen molar-refractivity contribution in [3.05, 3.63) is 29.2 Å². The molecule has 0 aromatic carbocycles. The van der Waals surface area contributed by atoms with E-state index in [9.17, 15) is 4.79 Å². The number of amides is 1. The fraction of sp³-hybridized carbons (Fsp3) is 0.571. The van der Waals surface area contributed by atoms with Crippen molar-refractivity contribution in [2.24, 2.45) is 0 Å². The maximum Gasteiger partial charge on any atom is 0.276 e. The van der Waals surface area contributed by atoms with Crippen LogP contribution in [0.2, 0.25) is 0 Å². The second-order valence-electron chi connectivity index (χ2n) is 5.31. The first-order valence-corrected chi connectivity index (χ1v) is 7.22.